The molecule has 0 aliphatic carbocycles. The van der Waals surface area contributed by atoms with Gasteiger partial charge in [-0.2, -0.15) is 0 Å². The molecule has 0 unspecified atom stereocenters. The summed E-state index contributed by atoms with van der Waals surface area (Å²) in [7, 11) is 0. The van der Waals surface area contributed by atoms with Crippen LogP contribution in [0.15, 0.2) is 73.6 Å². The molecule has 37 heavy (non-hydrogen) atoms. The minimum absolute atomic E-state index is 0.180. The lowest BCUT2D eigenvalue weighted by Gasteiger charge is -2.11. The van der Waals surface area contributed by atoms with Gasteiger partial charge in [0.25, 0.3) is 0 Å². The van der Waals surface area contributed by atoms with E-state index in [1.807, 2.05) is 54.6 Å². The van der Waals surface area contributed by atoms with Gasteiger partial charge >= 0.3 is 5.97 Å². The molecule has 0 saturated heterocycles. The summed E-state index contributed by atoms with van der Waals surface area (Å²) < 4.78 is 11.2. The van der Waals surface area contributed by atoms with Crippen LogP contribution in [0.3, 0.4) is 0 Å². The molecule has 0 radical (unpaired) electrons. The van der Waals surface area contributed by atoms with Crippen LogP contribution in [0.25, 0.3) is 11.3 Å². The van der Waals surface area contributed by atoms with Gasteiger partial charge in [0.2, 0.25) is 5.88 Å². The van der Waals surface area contributed by atoms with Crippen LogP contribution in [-0.2, 0) is 6.42 Å². The summed E-state index contributed by atoms with van der Waals surface area (Å²) in [6.45, 7) is 8.80. The third-order valence-electron chi connectivity index (χ3n) is 6.52. The molecule has 1 aromatic heterocycles. The molecular weight excluding hydrogens is 460 g/mol. The van der Waals surface area contributed by atoms with Crippen LogP contribution in [-0.4, -0.2) is 22.5 Å². The molecular formula is C32H40N2O3. The lowest BCUT2D eigenvalue weighted by molar-refractivity contribution is 0.0727. The van der Waals surface area contributed by atoms with E-state index in [2.05, 4.69) is 30.4 Å². The van der Waals surface area contributed by atoms with Crippen molar-refractivity contribution in [3.63, 3.8) is 0 Å². The maximum absolute atomic E-state index is 12.5. The monoisotopic (exact) mass is 500 g/mol. The molecule has 0 aliphatic rings. The third-order valence-corrected chi connectivity index (χ3v) is 6.52. The van der Waals surface area contributed by atoms with E-state index in [4.69, 9.17) is 9.47 Å². The van der Waals surface area contributed by atoms with Crippen LogP contribution in [0.2, 0.25) is 0 Å². The Bertz CT molecular complexity index is 1080. The molecule has 5 nitrogen and oxygen atoms in total. The SMILES string of the molecule is C=CCCCCCCCCc1ccc(C(=O)Oc2cnc(-c3ccc(OC[C@@H](C)CC)cc3)cn2)cc1. The molecule has 0 fully saturated rings. The minimum Gasteiger partial charge on any atom is -0.493 e. The Balaban J connectivity index is 1.43. The number of allylic oxidation sites excluding steroid dienone is 1. The van der Waals surface area contributed by atoms with Crippen molar-refractivity contribution in [3.05, 3.63) is 84.7 Å². The molecule has 3 rings (SSSR count). The van der Waals surface area contributed by atoms with E-state index in [-0.39, 0.29) is 5.88 Å². The molecule has 1 heterocycles. The molecule has 5 heteroatoms. The van der Waals surface area contributed by atoms with Gasteiger partial charge in [0.1, 0.15) is 5.75 Å². The van der Waals surface area contributed by atoms with Gasteiger partial charge in [0.05, 0.1) is 30.3 Å². The number of carbonyl (C=O) groups is 1. The first-order chi connectivity index (χ1) is 18.1. The van der Waals surface area contributed by atoms with Crippen LogP contribution in [0.4, 0.5) is 0 Å². The van der Waals surface area contributed by atoms with E-state index in [1.54, 1.807) is 6.20 Å². The van der Waals surface area contributed by atoms with Gasteiger partial charge in [0.15, 0.2) is 0 Å². The summed E-state index contributed by atoms with van der Waals surface area (Å²) in [6.07, 6.45) is 15.8. The minimum atomic E-state index is -0.434. The summed E-state index contributed by atoms with van der Waals surface area (Å²) in [4.78, 5) is 21.2. The Morgan fingerprint density at radius 3 is 2.27 bits per heavy atom. The van der Waals surface area contributed by atoms with E-state index < -0.39 is 5.97 Å². The highest BCUT2D eigenvalue weighted by Gasteiger charge is 2.11. The van der Waals surface area contributed by atoms with Crippen LogP contribution in [0.5, 0.6) is 11.6 Å². The summed E-state index contributed by atoms with van der Waals surface area (Å²) in [6, 6.07) is 15.4. The lowest BCUT2D eigenvalue weighted by Crippen LogP contribution is -2.09. The maximum Gasteiger partial charge on any atom is 0.344 e. The van der Waals surface area contributed by atoms with Crippen molar-refractivity contribution in [2.45, 2.75) is 71.6 Å². The molecule has 0 bridgehead atoms. The number of hydrogen-bond acceptors (Lipinski definition) is 5. The fourth-order valence-electron chi connectivity index (χ4n) is 3.88. The second-order valence-electron chi connectivity index (χ2n) is 9.62. The molecule has 3 aromatic rings. The number of aryl methyl sites for hydroxylation is 1. The average Bonchev–Trinajstić information content (AvgIpc) is 2.94. The molecule has 2 aromatic carbocycles. The number of unbranched alkanes of at least 4 members (excludes halogenated alkanes) is 6. The zero-order valence-electron chi connectivity index (χ0n) is 22.3. The van der Waals surface area contributed by atoms with E-state index in [1.165, 1.54) is 50.3 Å². The quantitative estimate of drug-likeness (QED) is 0.113. The van der Waals surface area contributed by atoms with E-state index in [0.717, 1.165) is 30.6 Å². The highest BCUT2D eigenvalue weighted by Crippen LogP contribution is 2.22. The number of carbonyl (C=O) groups excluding carboxylic acids is 1. The normalized spacial score (nSPS) is 11.6. The van der Waals surface area contributed by atoms with Gasteiger partial charge in [-0.05, 0) is 73.6 Å². The van der Waals surface area contributed by atoms with Gasteiger partial charge in [-0.3, -0.25) is 0 Å². The van der Waals surface area contributed by atoms with Crippen LogP contribution < -0.4 is 9.47 Å². The van der Waals surface area contributed by atoms with Crippen molar-refractivity contribution in [1.29, 1.82) is 0 Å². The number of rotatable bonds is 16. The molecule has 0 saturated carbocycles. The Morgan fingerprint density at radius 1 is 0.919 bits per heavy atom. The first-order valence-electron chi connectivity index (χ1n) is 13.6. The second-order valence-corrected chi connectivity index (χ2v) is 9.62. The van der Waals surface area contributed by atoms with Crippen LogP contribution >= 0.6 is 0 Å². The Kier molecular flexibility index (Phi) is 11.9. The van der Waals surface area contributed by atoms with Crippen molar-refractivity contribution in [2.75, 3.05) is 6.61 Å². The number of hydrogen-bond donors (Lipinski definition) is 0. The maximum atomic E-state index is 12.5. The van der Waals surface area contributed by atoms with Gasteiger partial charge in [-0.15, -0.1) is 6.58 Å². The predicted molar refractivity (Wildman–Crippen MR) is 150 cm³/mol. The Labute approximate surface area is 222 Å². The standard InChI is InChI=1S/C32H40N2O3/c1-4-6-7-8-9-10-11-12-13-26-14-16-28(17-15-26)32(35)37-31-23-33-30(22-34-31)27-18-20-29(21-19-27)36-24-25(3)5-2/h4,14-23,25H,1,5-13,24H2,2-3H3/t25-/m0/s1. The summed E-state index contributed by atoms with van der Waals surface area (Å²) in [5.74, 6) is 1.11. The molecule has 0 spiro atoms. The Morgan fingerprint density at radius 2 is 1.62 bits per heavy atom. The Hall–Kier alpha value is -3.47. The van der Waals surface area contributed by atoms with Crippen molar-refractivity contribution in [2.24, 2.45) is 5.92 Å². The fraction of sp³-hybridized carbons (Fsp3) is 0.406. The van der Waals surface area contributed by atoms with Crippen LogP contribution in [0.1, 0.15) is 81.1 Å². The topological polar surface area (TPSA) is 61.3 Å². The summed E-state index contributed by atoms with van der Waals surface area (Å²) >= 11 is 0. The van der Waals surface area contributed by atoms with E-state index in [9.17, 15) is 4.79 Å². The number of aromatic nitrogens is 2. The first kappa shape index (κ1) is 28.1. The van der Waals surface area contributed by atoms with Crippen molar-refractivity contribution in [3.8, 4) is 22.9 Å². The van der Waals surface area contributed by atoms with E-state index in [0.29, 0.717) is 23.8 Å². The highest BCUT2D eigenvalue weighted by atomic mass is 16.5. The molecule has 0 N–H and O–H groups in total. The number of nitrogens with zero attached hydrogens (tertiary/aromatic N) is 2. The second kappa shape index (κ2) is 15.6. The summed E-state index contributed by atoms with van der Waals surface area (Å²) in [5.41, 5.74) is 3.37. The lowest BCUT2D eigenvalue weighted by atomic mass is 10.0. The molecule has 196 valence electrons. The number of esters is 1. The molecule has 1 atom stereocenters. The first-order valence-corrected chi connectivity index (χ1v) is 13.6. The van der Waals surface area contributed by atoms with Crippen LogP contribution in [0, 0.1) is 5.92 Å². The van der Waals surface area contributed by atoms with Crippen molar-refractivity contribution < 1.29 is 14.3 Å². The van der Waals surface area contributed by atoms with Gasteiger partial charge < -0.3 is 9.47 Å². The van der Waals surface area contributed by atoms with Gasteiger partial charge in [0, 0.05) is 5.56 Å². The zero-order valence-corrected chi connectivity index (χ0v) is 22.3. The van der Waals surface area contributed by atoms with Crippen molar-refractivity contribution in [1.82, 2.24) is 9.97 Å². The zero-order chi connectivity index (χ0) is 26.3. The average molecular weight is 501 g/mol. The number of ether oxygens (including phenoxy) is 2. The predicted octanol–water partition coefficient (Wildman–Crippen LogP) is 8.25. The third kappa shape index (κ3) is 9.83. The van der Waals surface area contributed by atoms with E-state index >= 15 is 0 Å². The number of benzene rings is 2. The van der Waals surface area contributed by atoms with Gasteiger partial charge in [-0.25, -0.2) is 14.8 Å². The molecule has 0 aliphatic heterocycles. The van der Waals surface area contributed by atoms with Crippen molar-refractivity contribution >= 4 is 5.97 Å². The molecule has 0 amide bonds. The largest absolute Gasteiger partial charge is 0.493 e. The summed E-state index contributed by atoms with van der Waals surface area (Å²) in [5, 5.41) is 0. The smallest absolute Gasteiger partial charge is 0.344 e. The fourth-order valence-corrected chi connectivity index (χ4v) is 3.88. The highest BCUT2D eigenvalue weighted by molar-refractivity contribution is 5.90. The van der Waals surface area contributed by atoms with Gasteiger partial charge in [-0.1, -0.05) is 64.2 Å².